The molecule has 1 aromatic rings. The number of aryl methyl sites for hydroxylation is 2. The number of furan rings is 1. The van der Waals surface area contributed by atoms with E-state index in [0.29, 0.717) is 5.54 Å². The van der Waals surface area contributed by atoms with Gasteiger partial charge in [-0.1, -0.05) is 0 Å². The van der Waals surface area contributed by atoms with Crippen molar-refractivity contribution < 1.29 is 9.21 Å². The monoisotopic (exact) mass is 342 g/mol. The molecule has 0 unspecified atom stereocenters. The first-order valence-corrected chi connectivity index (χ1v) is 10.1. The molecule has 1 amide bonds. The second-order valence-electron chi connectivity index (χ2n) is 9.25. The molecule has 0 radical (unpaired) electrons. The average Bonchev–Trinajstić information content (AvgIpc) is 2.91. The van der Waals surface area contributed by atoms with Crippen molar-refractivity contribution >= 4 is 5.91 Å². The molecular weight excluding hydrogens is 312 g/mol. The van der Waals surface area contributed by atoms with Gasteiger partial charge in [0.15, 0.2) is 0 Å². The van der Waals surface area contributed by atoms with Gasteiger partial charge in [0.1, 0.15) is 11.5 Å². The fourth-order valence-corrected chi connectivity index (χ4v) is 6.85. The molecule has 25 heavy (non-hydrogen) atoms. The molecular formula is C21H30N2O2. The first-order chi connectivity index (χ1) is 12.0. The largest absolute Gasteiger partial charge is 0.466 e. The molecule has 4 nitrogen and oxygen atoms in total. The Balaban J connectivity index is 1.27. The van der Waals surface area contributed by atoms with E-state index >= 15 is 0 Å². The van der Waals surface area contributed by atoms with Crippen LogP contribution in [0.4, 0.5) is 0 Å². The summed E-state index contributed by atoms with van der Waals surface area (Å²) in [5.41, 5.74) is 1.23. The Morgan fingerprint density at radius 2 is 1.56 bits per heavy atom. The van der Waals surface area contributed by atoms with Crippen LogP contribution >= 0.6 is 0 Å². The molecule has 5 fully saturated rings. The van der Waals surface area contributed by atoms with E-state index in [0.717, 1.165) is 61.0 Å². The zero-order valence-electron chi connectivity index (χ0n) is 15.6. The van der Waals surface area contributed by atoms with Crippen LogP contribution in [0.5, 0.6) is 0 Å². The number of carbonyl (C=O) groups excluding carboxylic acids is 1. The lowest BCUT2D eigenvalue weighted by molar-refractivity contribution is -0.0987. The number of amides is 1. The molecule has 5 aliphatic rings. The summed E-state index contributed by atoms with van der Waals surface area (Å²) in [6.07, 6.45) is 8.76. The summed E-state index contributed by atoms with van der Waals surface area (Å²) in [4.78, 5) is 17.6. The summed E-state index contributed by atoms with van der Waals surface area (Å²) in [7, 11) is 0. The minimum absolute atomic E-state index is 0.152. The van der Waals surface area contributed by atoms with Gasteiger partial charge in [0, 0.05) is 31.7 Å². The summed E-state index contributed by atoms with van der Waals surface area (Å²) >= 11 is 0. The Kier molecular flexibility index (Phi) is 3.57. The summed E-state index contributed by atoms with van der Waals surface area (Å²) in [6.45, 7) is 7.64. The molecule has 4 bridgehead atoms. The summed E-state index contributed by atoms with van der Waals surface area (Å²) in [6, 6.07) is 1.89. The molecule has 4 aliphatic carbocycles. The van der Waals surface area contributed by atoms with Gasteiger partial charge in [-0.3, -0.25) is 9.69 Å². The molecule has 2 heterocycles. The first-order valence-electron chi connectivity index (χ1n) is 10.1. The number of carbonyl (C=O) groups is 1. The third kappa shape index (κ3) is 2.56. The zero-order chi connectivity index (χ0) is 17.2. The lowest BCUT2D eigenvalue weighted by Crippen LogP contribution is -2.64. The summed E-state index contributed by atoms with van der Waals surface area (Å²) in [5, 5.41) is 0. The summed E-state index contributed by atoms with van der Waals surface area (Å²) < 4.78 is 5.55. The molecule has 0 N–H and O–H groups in total. The van der Waals surface area contributed by atoms with Gasteiger partial charge in [-0.05, 0) is 76.2 Å². The maximum Gasteiger partial charge on any atom is 0.257 e. The topological polar surface area (TPSA) is 36.7 Å². The van der Waals surface area contributed by atoms with Crippen LogP contribution in [-0.2, 0) is 0 Å². The van der Waals surface area contributed by atoms with Crippen LogP contribution in [0.1, 0.15) is 60.4 Å². The summed E-state index contributed by atoms with van der Waals surface area (Å²) in [5.74, 6) is 4.70. The lowest BCUT2D eigenvalue weighted by Gasteiger charge is -2.61. The van der Waals surface area contributed by atoms with Crippen LogP contribution in [0.15, 0.2) is 10.5 Å². The minimum atomic E-state index is 0.152. The van der Waals surface area contributed by atoms with E-state index in [1.165, 1.54) is 38.5 Å². The number of hydrogen-bond acceptors (Lipinski definition) is 3. The highest BCUT2D eigenvalue weighted by Gasteiger charge is 2.53. The maximum atomic E-state index is 12.8. The van der Waals surface area contributed by atoms with E-state index < -0.39 is 0 Å². The van der Waals surface area contributed by atoms with Gasteiger partial charge in [0.2, 0.25) is 0 Å². The van der Waals surface area contributed by atoms with Gasteiger partial charge in [-0.2, -0.15) is 0 Å². The van der Waals surface area contributed by atoms with Crippen molar-refractivity contribution in [2.24, 2.45) is 17.8 Å². The predicted octanol–water partition coefficient (Wildman–Crippen LogP) is 3.62. The molecule has 1 aromatic heterocycles. The quantitative estimate of drug-likeness (QED) is 0.824. The molecule has 1 aliphatic heterocycles. The second kappa shape index (κ2) is 5.60. The number of hydrogen-bond donors (Lipinski definition) is 0. The SMILES string of the molecule is Cc1cc(C(=O)N2CCN(C34CC5CC(CC(C5)C3)C4)CC2)c(C)o1. The lowest BCUT2D eigenvalue weighted by atomic mass is 9.52. The van der Waals surface area contributed by atoms with Crippen molar-refractivity contribution in [2.45, 2.75) is 57.9 Å². The molecule has 0 spiro atoms. The van der Waals surface area contributed by atoms with E-state index in [9.17, 15) is 4.79 Å². The molecule has 4 heteroatoms. The van der Waals surface area contributed by atoms with Crippen LogP contribution in [0, 0.1) is 31.6 Å². The van der Waals surface area contributed by atoms with E-state index in [1.807, 2.05) is 24.8 Å². The van der Waals surface area contributed by atoms with Crippen LogP contribution < -0.4 is 0 Å². The van der Waals surface area contributed by atoms with E-state index in [4.69, 9.17) is 4.42 Å². The second-order valence-corrected chi connectivity index (χ2v) is 9.25. The minimum Gasteiger partial charge on any atom is -0.466 e. The van der Waals surface area contributed by atoms with Crippen LogP contribution in [0.3, 0.4) is 0 Å². The van der Waals surface area contributed by atoms with Gasteiger partial charge in [0.25, 0.3) is 5.91 Å². The number of rotatable bonds is 2. The Morgan fingerprint density at radius 1 is 1.00 bits per heavy atom. The third-order valence-corrected chi connectivity index (χ3v) is 7.51. The molecule has 0 atom stereocenters. The highest BCUT2D eigenvalue weighted by atomic mass is 16.3. The van der Waals surface area contributed by atoms with Crippen molar-refractivity contribution in [3.05, 3.63) is 23.2 Å². The molecule has 136 valence electrons. The van der Waals surface area contributed by atoms with Crippen LogP contribution in [0.2, 0.25) is 0 Å². The van der Waals surface area contributed by atoms with Crippen molar-refractivity contribution in [2.75, 3.05) is 26.2 Å². The Morgan fingerprint density at radius 3 is 2.04 bits per heavy atom. The van der Waals surface area contributed by atoms with Crippen LogP contribution in [0.25, 0.3) is 0 Å². The van der Waals surface area contributed by atoms with Crippen molar-refractivity contribution in [1.29, 1.82) is 0 Å². The fourth-order valence-electron chi connectivity index (χ4n) is 6.85. The highest BCUT2D eigenvalue weighted by Crippen LogP contribution is 2.57. The van der Waals surface area contributed by atoms with Gasteiger partial charge >= 0.3 is 0 Å². The average molecular weight is 342 g/mol. The smallest absolute Gasteiger partial charge is 0.257 e. The van der Waals surface area contributed by atoms with E-state index in [1.54, 1.807) is 0 Å². The van der Waals surface area contributed by atoms with Crippen molar-refractivity contribution in [1.82, 2.24) is 9.80 Å². The Hall–Kier alpha value is -1.29. The van der Waals surface area contributed by atoms with Crippen LogP contribution in [-0.4, -0.2) is 47.4 Å². The molecule has 4 saturated carbocycles. The van der Waals surface area contributed by atoms with Crippen molar-refractivity contribution in [3.63, 3.8) is 0 Å². The maximum absolute atomic E-state index is 12.8. The van der Waals surface area contributed by atoms with Crippen molar-refractivity contribution in [3.8, 4) is 0 Å². The van der Waals surface area contributed by atoms with Gasteiger partial charge in [0.05, 0.1) is 5.56 Å². The first kappa shape index (κ1) is 15.9. The third-order valence-electron chi connectivity index (χ3n) is 7.51. The number of piperazine rings is 1. The fraction of sp³-hybridized carbons (Fsp3) is 0.762. The van der Waals surface area contributed by atoms with E-state index in [-0.39, 0.29) is 5.91 Å². The molecule has 6 rings (SSSR count). The van der Waals surface area contributed by atoms with E-state index in [2.05, 4.69) is 4.90 Å². The number of nitrogens with zero attached hydrogens (tertiary/aromatic N) is 2. The normalized spacial score (nSPS) is 37.7. The Labute approximate surface area is 150 Å². The van der Waals surface area contributed by atoms with Gasteiger partial charge in [-0.25, -0.2) is 0 Å². The standard InChI is InChI=1S/C21H30N2O2/c1-14-7-19(15(2)25-14)20(24)22-3-5-23(6-4-22)21-11-16-8-17(12-21)10-18(9-16)13-21/h7,16-18H,3-6,8-13H2,1-2H3. The highest BCUT2D eigenvalue weighted by molar-refractivity contribution is 5.95. The predicted molar refractivity (Wildman–Crippen MR) is 96.6 cm³/mol. The molecule has 0 aromatic carbocycles. The zero-order valence-corrected chi connectivity index (χ0v) is 15.6. The van der Waals surface area contributed by atoms with Gasteiger partial charge < -0.3 is 9.32 Å². The Bertz CT molecular complexity index is 649. The van der Waals surface area contributed by atoms with Gasteiger partial charge in [-0.15, -0.1) is 0 Å². The molecule has 1 saturated heterocycles.